The van der Waals surface area contributed by atoms with E-state index in [4.69, 9.17) is 5.73 Å². The highest BCUT2D eigenvalue weighted by Gasteiger charge is 2.21. The highest BCUT2D eigenvalue weighted by molar-refractivity contribution is 5.53. The number of halogens is 1. The number of nitrogens with zero attached hydrogens (tertiary/aromatic N) is 2. The third kappa shape index (κ3) is 3.79. The zero-order valence-electron chi connectivity index (χ0n) is 10.7. The van der Waals surface area contributed by atoms with Gasteiger partial charge in [0.05, 0.1) is 33.7 Å². The molecule has 1 aliphatic rings. The molecule has 0 unspecified atom stereocenters. The van der Waals surface area contributed by atoms with Crippen LogP contribution in [0.3, 0.4) is 0 Å². The molecule has 1 aromatic carbocycles. The molecule has 0 saturated carbocycles. The first-order chi connectivity index (χ1) is 7.57. The van der Waals surface area contributed by atoms with E-state index in [0.717, 1.165) is 23.3 Å². The minimum absolute atomic E-state index is 0. The molecule has 1 saturated heterocycles. The summed E-state index contributed by atoms with van der Waals surface area (Å²) in [7, 11) is 4.62. The summed E-state index contributed by atoms with van der Waals surface area (Å²) in [6.45, 7) is 4.78. The molecule has 4 heteroatoms. The Bertz CT molecular complexity index is 348. The minimum Gasteiger partial charge on any atom is -1.00 e. The topological polar surface area (TPSA) is 29.3 Å². The Kier molecular flexibility index (Phi) is 4.66. The molecular weight excluding hydrogens is 234 g/mol. The highest BCUT2D eigenvalue weighted by atomic mass is 35.5. The normalized spacial score (nSPS) is 19.3. The number of likely N-dealkylation sites (N-methyl/N-ethyl adjacent to an activating group) is 1. The number of benzene rings is 1. The monoisotopic (exact) mass is 255 g/mol. The third-order valence-corrected chi connectivity index (χ3v) is 3.42. The van der Waals surface area contributed by atoms with Crippen LogP contribution in [0.25, 0.3) is 0 Å². The van der Waals surface area contributed by atoms with Crippen LogP contribution < -0.4 is 23.0 Å². The second-order valence-electron chi connectivity index (χ2n) is 5.32. The van der Waals surface area contributed by atoms with Crippen molar-refractivity contribution in [3.63, 3.8) is 0 Å². The fourth-order valence-electron chi connectivity index (χ4n) is 2.25. The summed E-state index contributed by atoms with van der Waals surface area (Å²) in [6.07, 6.45) is 1.26. The van der Waals surface area contributed by atoms with E-state index in [2.05, 4.69) is 31.1 Å². The van der Waals surface area contributed by atoms with Crippen molar-refractivity contribution < 1.29 is 16.9 Å². The molecule has 1 fully saturated rings. The van der Waals surface area contributed by atoms with E-state index in [9.17, 15) is 0 Å². The van der Waals surface area contributed by atoms with Gasteiger partial charge in [-0.3, -0.25) is 0 Å². The molecule has 0 amide bonds. The van der Waals surface area contributed by atoms with E-state index in [1.165, 1.54) is 25.2 Å². The van der Waals surface area contributed by atoms with Crippen molar-refractivity contribution in [3.8, 4) is 0 Å². The molecule has 96 valence electrons. The first kappa shape index (κ1) is 14.1. The predicted molar refractivity (Wildman–Crippen MR) is 69.5 cm³/mol. The van der Waals surface area contributed by atoms with Crippen LogP contribution in [-0.2, 0) is 0 Å². The van der Waals surface area contributed by atoms with Crippen LogP contribution >= 0.6 is 0 Å². The molecule has 0 aliphatic carbocycles. The first-order valence-electron chi connectivity index (χ1n) is 5.99. The number of nitrogens with two attached hydrogens (primary N) is 1. The lowest BCUT2D eigenvalue weighted by atomic mass is 10.2. The lowest BCUT2D eigenvalue weighted by Gasteiger charge is -2.28. The van der Waals surface area contributed by atoms with E-state index in [-0.39, 0.29) is 12.4 Å². The smallest absolute Gasteiger partial charge is 0.0960 e. The zero-order valence-corrected chi connectivity index (χ0v) is 11.5. The number of quaternary nitrogens is 1. The van der Waals surface area contributed by atoms with Crippen molar-refractivity contribution in [2.24, 2.45) is 0 Å². The van der Waals surface area contributed by atoms with Crippen LogP contribution in [0, 0.1) is 0 Å². The van der Waals surface area contributed by atoms with E-state index in [0.29, 0.717) is 0 Å². The van der Waals surface area contributed by atoms with Crippen LogP contribution in [0.1, 0.15) is 6.42 Å². The summed E-state index contributed by atoms with van der Waals surface area (Å²) in [5, 5.41) is 0. The first-order valence-corrected chi connectivity index (χ1v) is 5.99. The quantitative estimate of drug-likeness (QED) is 0.492. The predicted octanol–water partition coefficient (Wildman–Crippen LogP) is -1.44. The molecule has 0 atom stereocenters. The maximum absolute atomic E-state index is 5.71. The Morgan fingerprint density at radius 2 is 1.71 bits per heavy atom. The largest absolute Gasteiger partial charge is 1.00 e. The van der Waals surface area contributed by atoms with Gasteiger partial charge in [0.25, 0.3) is 0 Å². The molecule has 2 rings (SSSR count). The molecule has 0 aromatic heterocycles. The third-order valence-electron chi connectivity index (χ3n) is 3.42. The van der Waals surface area contributed by atoms with Crippen molar-refractivity contribution in [1.29, 1.82) is 0 Å². The summed E-state index contributed by atoms with van der Waals surface area (Å²) in [6, 6.07) is 8.22. The van der Waals surface area contributed by atoms with Crippen molar-refractivity contribution in [2.45, 2.75) is 6.42 Å². The second-order valence-corrected chi connectivity index (χ2v) is 5.32. The lowest BCUT2D eigenvalue weighted by Crippen LogP contribution is -3.00. The molecule has 0 radical (unpaired) electrons. The summed E-state index contributed by atoms with van der Waals surface area (Å²) >= 11 is 0. The summed E-state index contributed by atoms with van der Waals surface area (Å²) < 4.78 is 1.13. The van der Waals surface area contributed by atoms with Crippen LogP contribution in [0.4, 0.5) is 11.4 Å². The van der Waals surface area contributed by atoms with E-state index >= 15 is 0 Å². The Morgan fingerprint density at radius 1 is 1.06 bits per heavy atom. The number of hydrogen-bond acceptors (Lipinski definition) is 2. The zero-order chi connectivity index (χ0) is 11.6. The van der Waals surface area contributed by atoms with Crippen molar-refractivity contribution in [2.75, 3.05) is 50.9 Å². The van der Waals surface area contributed by atoms with Gasteiger partial charge in [-0.15, -0.1) is 0 Å². The molecular formula is C13H22ClN3. The van der Waals surface area contributed by atoms with Crippen molar-refractivity contribution >= 4 is 11.4 Å². The molecule has 1 aliphatic heterocycles. The van der Waals surface area contributed by atoms with E-state index < -0.39 is 0 Å². The van der Waals surface area contributed by atoms with Gasteiger partial charge in [-0.1, -0.05) is 0 Å². The number of rotatable bonds is 1. The molecule has 3 nitrogen and oxygen atoms in total. The highest BCUT2D eigenvalue weighted by Crippen LogP contribution is 2.19. The summed E-state index contributed by atoms with van der Waals surface area (Å²) in [4.78, 5) is 2.46. The van der Waals surface area contributed by atoms with Gasteiger partial charge >= 0.3 is 0 Å². The SMILES string of the molecule is C[N+]1(C)CCCN(c2ccc(N)cc2)CC1.[Cl-]. The number of anilines is 2. The Labute approximate surface area is 110 Å². The van der Waals surface area contributed by atoms with Crippen LogP contribution in [0.15, 0.2) is 24.3 Å². The van der Waals surface area contributed by atoms with E-state index in [1.807, 2.05) is 12.1 Å². The van der Waals surface area contributed by atoms with Gasteiger partial charge in [-0.05, 0) is 24.3 Å². The summed E-state index contributed by atoms with van der Waals surface area (Å²) in [5.41, 5.74) is 7.85. The maximum Gasteiger partial charge on any atom is 0.0960 e. The maximum atomic E-state index is 5.71. The van der Waals surface area contributed by atoms with Gasteiger partial charge in [0.15, 0.2) is 0 Å². The van der Waals surface area contributed by atoms with E-state index in [1.54, 1.807) is 0 Å². The summed E-state index contributed by atoms with van der Waals surface area (Å²) in [5.74, 6) is 0. The van der Waals surface area contributed by atoms with Crippen LogP contribution in [-0.4, -0.2) is 44.8 Å². The Balaban J connectivity index is 0.00000144. The lowest BCUT2D eigenvalue weighted by molar-refractivity contribution is -0.887. The Morgan fingerprint density at radius 3 is 2.35 bits per heavy atom. The van der Waals surface area contributed by atoms with Crippen LogP contribution in [0.5, 0.6) is 0 Å². The average molecular weight is 256 g/mol. The number of hydrogen-bond donors (Lipinski definition) is 1. The molecule has 1 heterocycles. The number of nitrogen functional groups attached to an aromatic ring is 1. The van der Waals surface area contributed by atoms with Gasteiger partial charge < -0.3 is 27.5 Å². The van der Waals surface area contributed by atoms with Gasteiger partial charge in [0, 0.05) is 24.3 Å². The standard InChI is InChI=1S/C13H22N3.ClH/c1-16(2)10-3-8-15(9-11-16)13-6-4-12(14)5-7-13;/h4-7H,3,8-11,14H2,1-2H3;1H/q+1;/p-1. The fourth-order valence-corrected chi connectivity index (χ4v) is 2.25. The van der Waals surface area contributed by atoms with Gasteiger partial charge in [0.1, 0.15) is 0 Å². The second kappa shape index (κ2) is 5.61. The molecule has 0 spiro atoms. The minimum atomic E-state index is 0. The van der Waals surface area contributed by atoms with Crippen molar-refractivity contribution in [3.05, 3.63) is 24.3 Å². The molecule has 2 N–H and O–H groups in total. The van der Waals surface area contributed by atoms with Gasteiger partial charge in [0.2, 0.25) is 0 Å². The molecule has 0 bridgehead atoms. The van der Waals surface area contributed by atoms with Gasteiger partial charge in [-0.2, -0.15) is 0 Å². The molecule has 1 aromatic rings. The fraction of sp³-hybridized carbons (Fsp3) is 0.538. The molecule has 17 heavy (non-hydrogen) atoms. The van der Waals surface area contributed by atoms with Crippen LogP contribution in [0.2, 0.25) is 0 Å². The van der Waals surface area contributed by atoms with Gasteiger partial charge in [-0.25, -0.2) is 0 Å². The Hall–Kier alpha value is -0.930. The average Bonchev–Trinajstić information content (AvgIpc) is 2.41. The van der Waals surface area contributed by atoms with Crippen molar-refractivity contribution in [1.82, 2.24) is 0 Å².